The smallest absolute Gasteiger partial charge is 0.308 e. The number of carboxylic acids is 1. The fourth-order valence-corrected chi connectivity index (χ4v) is 3.44. The largest absolute Gasteiger partial charge is 0.481 e. The lowest BCUT2D eigenvalue weighted by Crippen LogP contribution is -2.39. The van der Waals surface area contributed by atoms with Crippen molar-refractivity contribution in [3.05, 3.63) is 36.5 Å². The summed E-state index contributed by atoms with van der Waals surface area (Å²) in [7, 11) is 0. The molecule has 2 N–H and O–H groups in total. The van der Waals surface area contributed by atoms with E-state index >= 15 is 0 Å². The number of nitrogens with zero attached hydrogens (tertiary/aromatic N) is 1. The third kappa shape index (κ3) is 4.39. The highest BCUT2D eigenvalue weighted by molar-refractivity contribution is 5.81. The summed E-state index contributed by atoms with van der Waals surface area (Å²) in [6.07, 6.45) is 3.78. The number of ether oxygens (including phenoxy) is 1. The molecule has 2 heterocycles. The van der Waals surface area contributed by atoms with Crippen LogP contribution in [0.5, 0.6) is 0 Å². The predicted octanol–water partition coefficient (Wildman–Crippen LogP) is 2.28. The van der Waals surface area contributed by atoms with Gasteiger partial charge in [0, 0.05) is 44.4 Å². The van der Waals surface area contributed by atoms with Crippen molar-refractivity contribution in [3.8, 4) is 0 Å². The number of hydrogen-bond donors (Lipinski definition) is 2. The second-order valence-corrected chi connectivity index (χ2v) is 6.52. The minimum atomic E-state index is -0.844. The van der Waals surface area contributed by atoms with Gasteiger partial charge < -0.3 is 19.7 Å². The fourth-order valence-electron chi connectivity index (χ4n) is 3.44. The van der Waals surface area contributed by atoms with Crippen LogP contribution in [0.25, 0.3) is 10.9 Å². The first kappa shape index (κ1) is 17.5. The maximum Gasteiger partial charge on any atom is 0.308 e. The highest BCUT2D eigenvalue weighted by Crippen LogP contribution is 2.23. The van der Waals surface area contributed by atoms with Crippen molar-refractivity contribution in [1.82, 2.24) is 9.88 Å². The molecule has 1 aliphatic rings. The summed E-state index contributed by atoms with van der Waals surface area (Å²) in [5.74, 6) is -1.43. The Morgan fingerprint density at radius 2 is 2.00 bits per heavy atom. The first-order chi connectivity index (χ1) is 12.1. The minimum absolute atomic E-state index is 0.0694. The number of aliphatic carboxylic acids is 1. The van der Waals surface area contributed by atoms with E-state index in [1.54, 1.807) is 0 Å². The van der Waals surface area contributed by atoms with Crippen LogP contribution in [-0.4, -0.2) is 41.3 Å². The van der Waals surface area contributed by atoms with Crippen LogP contribution in [-0.2, 0) is 20.9 Å². The number of hydrogen-bond acceptors (Lipinski definition) is 3. The number of amides is 1. The average molecular weight is 344 g/mol. The van der Waals surface area contributed by atoms with Gasteiger partial charge in [-0.15, -0.1) is 0 Å². The number of nitrogens with one attached hydrogen (secondary N) is 1. The Kier molecular flexibility index (Phi) is 5.71. The van der Waals surface area contributed by atoms with Gasteiger partial charge in [0.25, 0.3) is 0 Å². The third-order valence-corrected chi connectivity index (χ3v) is 4.93. The fraction of sp³-hybridized carbons (Fsp3) is 0.474. The van der Waals surface area contributed by atoms with E-state index in [2.05, 4.69) is 5.32 Å². The van der Waals surface area contributed by atoms with Crippen molar-refractivity contribution in [2.75, 3.05) is 19.8 Å². The van der Waals surface area contributed by atoms with Gasteiger partial charge in [0.2, 0.25) is 5.91 Å². The van der Waals surface area contributed by atoms with Gasteiger partial charge in [-0.25, -0.2) is 0 Å². The number of carbonyl (C=O) groups is 2. The molecule has 1 saturated heterocycles. The van der Waals surface area contributed by atoms with E-state index in [0.717, 1.165) is 23.7 Å². The van der Waals surface area contributed by atoms with Crippen molar-refractivity contribution in [3.63, 3.8) is 0 Å². The zero-order valence-electron chi connectivity index (χ0n) is 14.2. The van der Waals surface area contributed by atoms with Crippen LogP contribution in [0.1, 0.15) is 19.3 Å². The van der Waals surface area contributed by atoms with E-state index < -0.39 is 11.9 Å². The van der Waals surface area contributed by atoms with Crippen molar-refractivity contribution in [1.29, 1.82) is 0 Å². The Balaban J connectivity index is 1.50. The topological polar surface area (TPSA) is 80.6 Å². The van der Waals surface area contributed by atoms with E-state index in [0.29, 0.717) is 26.2 Å². The molecule has 1 aliphatic heterocycles. The molecule has 1 amide bonds. The van der Waals surface area contributed by atoms with Crippen LogP contribution < -0.4 is 5.32 Å². The lowest BCUT2D eigenvalue weighted by Gasteiger charge is -2.27. The molecule has 3 rings (SSSR count). The minimum Gasteiger partial charge on any atom is -0.481 e. The van der Waals surface area contributed by atoms with Gasteiger partial charge >= 0.3 is 5.97 Å². The van der Waals surface area contributed by atoms with E-state index in [1.807, 2.05) is 41.1 Å². The molecule has 0 saturated carbocycles. The number of carboxylic acid groups (broad SMARTS) is 1. The molecule has 1 fully saturated rings. The maximum absolute atomic E-state index is 12.1. The number of rotatable bonds is 7. The SMILES string of the molecule is O=C(CCn1ccc2ccccc21)NCC(C(=O)O)C1CCOCC1. The summed E-state index contributed by atoms with van der Waals surface area (Å²) in [6, 6.07) is 10.1. The Morgan fingerprint density at radius 1 is 1.24 bits per heavy atom. The van der Waals surface area contributed by atoms with Crippen molar-refractivity contribution < 1.29 is 19.4 Å². The molecular weight excluding hydrogens is 320 g/mol. The van der Waals surface area contributed by atoms with Gasteiger partial charge in [-0.05, 0) is 36.3 Å². The van der Waals surface area contributed by atoms with Crippen LogP contribution >= 0.6 is 0 Å². The van der Waals surface area contributed by atoms with Crippen LogP contribution in [0.15, 0.2) is 36.5 Å². The third-order valence-electron chi connectivity index (χ3n) is 4.93. The quantitative estimate of drug-likeness (QED) is 0.807. The molecule has 6 nitrogen and oxygen atoms in total. The van der Waals surface area contributed by atoms with E-state index in [4.69, 9.17) is 4.74 Å². The van der Waals surface area contributed by atoms with Crippen LogP contribution in [0.4, 0.5) is 0 Å². The first-order valence-corrected chi connectivity index (χ1v) is 8.76. The molecule has 0 aliphatic carbocycles. The molecule has 6 heteroatoms. The summed E-state index contributed by atoms with van der Waals surface area (Å²) in [5.41, 5.74) is 1.10. The normalized spacial score (nSPS) is 16.6. The number of benzene rings is 1. The number of aryl methyl sites for hydroxylation is 1. The second-order valence-electron chi connectivity index (χ2n) is 6.52. The average Bonchev–Trinajstić information content (AvgIpc) is 3.04. The van der Waals surface area contributed by atoms with Crippen LogP contribution in [0.3, 0.4) is 0 Å². The lowest BCUT2D eigenvalue weighted by atomic mass is 9.86. The van der Waals surface area contributed by atoms with Gasteiger partial charge in [0.1, 0.15) is 0 Å². The van der Waals surface area contributed by atoms with Crippen molar-refractivity contribution in [2.24, 2.45) is 11.8 Å². The molecule has 134 valence electrons. The molecule has 1 aromatic heterocycles. The zero-order valence-corrected chi connectivity index (χ0v) is 14.2. The summed E-state index contributed by atoms with van der Waals surface area (Å²) in [5, 5.41) is 13.4. The van der Waals surface area contributed by atoms with E-state index in [1.165, 1.54) is 0 Å². The molecule has 1 aromatic carbocycles. The molecule has 0 spiro atoms. The Morgan fingerprint density at radius 3 is 2.76 bits per heavy atom. The lowest BCUT2D eigenvalue weighted by molar-refractivity contribution is -0.145. The molecule has 0 radical (unpaired) electrons. The molecule has 1 atom stereocenters. The monoisotopic (exact) mass is 344 g/mol. The zero-order chi connectivity index (χ0) is 17.6. The standard InChI is InChI=1S/C19H24N2O4/c22-18(6-10-21-9-5-15-3-1-2-4-17(15)21)20-13-16(19(23)24)14-7-11-25-12-8-14/h1-5,9,14,16H,6-8,10-13H2,(H,20,22)(H,23,24). The summed E-state index contributed by atoms with van der Waals surface area (Å²) in [6.45, 7) is 1.96. The Hall–Kier alpha value is -2.34. The van der Waals surface area contributed by atoms with Crippen LogP contribution in [0, 0.1) is 11.8 Å². The number of para-hydroxylation sites is 1. The summed E-state index contributed by atoms with van der Waals surface area (Å²) >= 11 is 0. The maximum atomic E-state index is 12.1. The van der Waals surface area contributed by atoms with E-state index in [9.17, 15) is 14.7 Å². The summed E-state index contributed by atoms with van der Waals surface area (Å²) in [4.78, 5) is 23.6. The van der Waals surface area contributed by atoms with Crippen molar-refractivity contribution >= 4 is 22.8 Å². The van der Waals surface area contributed by atoms with Gasteiger partial charge in [0.15, 0.2) is 0 Å². The first-order valence-electron chi connectivity index (χ1n) is 8.76. The van der Waals surface area contributed by atoms with Crippen molar-refractivity contribution in [2.45, 2.75) is 25.8 Å². The van der Waals surface area contributed by atoms with Gasteiger partial charge in [-0.2, -0.15) is 0 Å². The Labute approximate surface area is 146 Å². The predicted molar refractivity (Wildman–Crippen MR) is 94.2 cm³/mol. The summed E-state index contributed by atoms with van der Waals surface area (Å²) < 4.78 is 7.33. The van der Waals surface area contributed by atoms with Gasteiger partial charge in [-0.1, -0.05) is 18.2 Å². The highest BCUT2D eigenvalue weighted by atomic mass is 16.5. The Bertz CT molecular complexity index is 734. The molecule has 1 unspecified atom stereocenters. The van der Waals surface area contributed by atoms with Crippen LogP contribution in [0.2, 0.25) is 0 Å². The molecule has 2 aromatic rings. The number of aromatic nitrogens is 1. The van der Waals surface area contributed by atoms with Gasteiger partial charge in [0.05, 0.1) is 5.92 Å². The molecule has 25 heavy (non-hydrogen) atoms. The van der Waals surface area contributed by atoms with E-state index in [-0.39, 0.29) is 18.4 Å². The van der Waals surface area contributed by atoms with Gasteiger partial charge in [-0.3, -0.25) is 9.59 Å². The highest BCUT2D eigenvalue weighted by Gasteiger charge is 2.29. The molecular formula is C19H24N2O4. The number of fused-ring (bicyclic) bond motifs is 1. The second kappa shape index (κ2) is 8.16. The number of carbonyl (C=O) groups excluding carboxylic acids is 1. The molecule has 0 bridgehead atoms.